The Morgan fingerprint density at radius 1 is 1.09 bits per heavy atom. The van der Waals surface area contributed by atoms with Crippen molar-refractivity contribution in [3.05, 3.63) is 34.9 Å². The van der Waals surface area contributed by atoms with Gasteiger partial charge in [-0.25, -0.2) is 5.06 Å². The summed E-state index contributed by atoms with van der Waals surface area (Å²) >= 11 is 0. The average molecular weight is 487 g/mol. The normalized spacial score (nSPS) is 31.7. The van der Waals surface area contributed by atoms with E-state index in [0.717, 1.165) is 28.2 Å². The Kier molecular flexibility index (Phi) is 5.16. The lowest BCUT2D eigenvalue weighted by molar-refractivity contribution is -0.139. The molecule has 1 radical (unpaired) electrons. The highest BCUT2D eigenvalue weighted by Crippen LogP contribution is 2.71. The SMILES string of the molecule is CC1(C)OC[C@H](c2cc3c(c(N([O])C(C)(C)C)c2)[C@@H]2O[C@@]24C[C@H](O[Si](C)(C)C(C)(C)C)C=C34)O1. The maximum absolute atomic E-state index is 13.5. The first-order valence-electron chi connectivity index (χ1n) is 12.5. The zero-order chi connectivity index (χ0) is 25.1. The summed E-state index contributed by atoms with van der Waals surface area (Å²) in [7, 11) is -1.92. The molecule has 0 amide bonds. The van der Waals surface area contributed by atoms with Crippen LogP contribution in [0.1, 0.15) is 90.7 Å². The maximum atomic E-state index is 13.5. The minimum atomic E-state index is -1.92. The zero-order valence-corrected chi connectivity index (χ0v) is 23.4. The van der Waals surface area contributed by atoms with Crippen molar-refractivity contribution >= 4 is 19.6 Å². The summed E-state index contributed by atoms with van der Waals surface area (Å²) in [5, 5.41) is 14.8. The predicted molar refractivity (Wildman–Crippen MR) is 134 cm³/mol. The molecule has 0 saturated carbocycles. The molecule has 4 aliphatic rings. The van der Waals surface area contributed by atoms with Crippen LogP contribution in [0.25, 0.3) is 5.57 Å². The first kappa shape index (κ1) is 24.5. The number of epoxide rings is 1. The fourth-order valence-electron chi connectivity index (χ4n) is 5.30. The summed E-state index contributed by atoms with van der Waals surface area (Å²) in [5.41, 5.74) is 4.06. The van der Waals surface area contributed by atoms with Crippen molar-refractivity contribution in [2.45, 2.75) is 115 Å². The highest BCUT2D eigenvalue weighted by atomic mass is 28.4. The first-order chi connectivity index (χ1) is 15.5. The second-order valence-corrected chi connectivity index (χ2v) is 18.1. The quantitative estimate of drug-likeness (QED) is 0.277. The van der Waals surface area contributed by atoms with Crippen LogP contribution < -0.4 is 5.06 Å². The van der Waals surface area contributed by atoms with Gasteiger partial charge in [-0.15, -0.1) is 0 Å². The van der Waals surface area contributed by atoms with E-state index >= 15 is 0 Å². The van der Waals surface area contributed by atoms with E-state index in [1.807, 2.05) is 40.7 Å². The number of rotatable bonds is 4. The fourth-order valence-corrected chi connectivity index (χ4v) is 6.56. The summed E-state index contributed by atoms with van der Waals surface area (Å²) in [6.07, 6.45) is 2.83. The summed E-state index contributed by atoms with van der Waals surface area (Å²) in [6.45, 7) is 21.6. The number of fused-ring (bicyclic) bond motifs is 3. The van der Waals surface area contributed by atoms with Gasteiger partial charge in [-0.1, -0.05) is 32.1 Å². The van der Waals surface area contributed by atoms with Crippen LogP contribution >= 0.6 is 0 Å². The van der Waals surface area contributed by atoms with Gasteiger partial charge < -0.3 is 18.6 Å². The lowest BCUT2D eigenvalue weighted by Gasteiger charge is -2.38. The van der Waals surface area contributed by atoms with Gasteiger partial charge in [0.1, 0.15) is 17.8 Å². The van der Waals surface area contributed by atoms with E-state index in [4.69, 9.17) is 18.6 Å². The second-order valence-electron chi connectivity index (χ2n) is 13.4. The Hall–Kier alpha value is -1.22. The molecular formula is C27H40NO5Si. The third kappa shape index (κ3) is 3.71. The summed E-state index contributed by atoms with van der Waals surface area (Å²) in [5.74, 6) is -0.633. The van der Waals surface area contributed by atoms with Crippen LogP contribution in [0.5, 0.6) is 0 Å². The summed E-state index contributed by atoms with van der Waals surface area (Å²) < 4.78 is 25.1. The van der Waals surface area contributed by atoms with Gasteiger partial charge in [-0.05, 0) is 81.6 Å². The number of hydrogen-bond donors (Lipinski definition) is 0. The first-order valence-corrected chi connectivity index (χ1v) is 15.4. The van der Waals surface area contributed by atoms with Crippen LogP contribution in [0.3, 0.4) is 0 Å². The molecule has 2 fully saturated rings. The number of nitrogens with zero attached hydrogens (tertiary/aromatic N) is 1. The third-order valence-corrected chi connectivity index (χ3v) is 12.7. The van der Waals surface area contributed by atoms with Gasteiger partial charge in [0.15, 0.2) is 14.1 Å². The third-order valence-electron chi connectivity index (χ3n) is 8.20. The number of hydroxylamine groups is 1. The number of anilines is 1. The van der Waals surface area contributed by atoms with E-state index in [0.29, 0.717) is 12.3 Å². The molecule has 6 nitrogen and oxygen atoms in total. The molecule has 1 spiro atoms. The summed E-state index contributed by atoms with van der Waals surface area (Å²) in [6, 6.07) is 4.19. The molecule has 0 N–H and O–H groups in total. The molecule has 0 unspecified atom stereocenters. The van der Waals surface area contributed by atoms with Gasteiger partial charge in [0.2, 0.25) is 0 Å². The van der Waals surface area contributed by atoms with Crippen molar-refractivity contribution in [2.24, 2.45) is 0 Å². The molecule has 0 bridgehead atoms. The van der Waals surface area contributed by atoms with Crippen molar-refractivity contribution < 1.29 is 23.8 Å². The zero-order valence-electron chi connectivity index (χ0n) is 22.4. The van der Waals surface area contributed by atoms with Crippen molar-refractivity contribution in [3.8, 4) is 0 Å². The second kappa shape index (κ2) is 7.17. The van der Waals surface area contributed by atoms with Crippen molar-refractivity contribution in [3.63, 3.8) is 0 Å². The van der Waals surface area contributed by atoms with Crippen molar-refractivity contribution in [1.82, 2.24) is 0 Å². The molecule has 1 aromatic rings. The Morgan fingerprint density at radius 3 is 2.32 bits per heavy atom. The van der Waals surface area contributed by atoms with Crippen LogP contribution in [0.2, 0.25) is 18.1 Å². The molecule has 2 saturated heterocycles. The van der Waals surface area contributed by atoms with Crippen LogP contribution in [0, 0.1) is 0 Å². The fraction of sp³-hybridized carbons (Fsp3) is 0.704. The molecule has 2 heterocycles. The smallest absolute Gasteiger partial charge is 0.192 e. The highest BCUT2D eigenvalue weighted by molar-refractivity contribution is 6.74. The van der Waals surface area contributed by atoms with Gasteiger partial charge in [0.25, 0.3) is 0 Å². The molecule has 4 atom stereocenters. The molecule has 5 rings (SSSR count). The monoisotopic (exact) mass is 486 g/mol. The standard InChI is InChI=1S/C27H40NO5Si/c1-24(2,3)28(29)20-12-16(21-15-30-26(7,8)31-21)11-18-19-13-17(33-34(9,10)25(4,5)6)14-27(19)23(32-27)22(18)20/h11-13,17,21,23H,14-15H2,1-10H3/t17-,21-,23+,27-/m1/s1. The topological polar surface area (TPSA) is 63.4 Å². The van der Waals surface area contributed by atoms with E-state index in [1.54, 1.807) is 0 Å². The number of hydrogen-bond acceptors (Lipinski definition) is 5. The summed E-state index contributed by atoms with van der Waals surface area (Å²) in [4.78, 5) is 0. The van der Waals surface area contributed by atoms with Gasteiger partial charge in [-0.3, -0.25) is 0 Å². The molecule has 34 heavy (non-hydrogen) atoms. The van der Waals surface area contributed by atoms with E-state index in [-0.39, 0.29) is 29.0 Å². The molecule has 1 aromatic carbocycles. The molecule has 7 heteroatoms. The average Bonchev–Trinajstić information content (AvgIpc) is 2.95. The van der Waals surface area contributed by atoms with E-state index in [9.17, 15) is 5.21 Å². The molecule has 2 aliphatic carbocycles. The Labute approximate surface area is 205 Å². The van der Waals surface area contributed by atoms with E-state index in [1.165, 1.54) is 5.57 Å². The van der Waals surface area contributed by atoms with Crippen molar-refractivity contribution in [1.29, 1.82) is 0 Å². The van der Waals surface area contributed by atoms with Crippen molar-refractivity contribution in [2.75, 3.05) is 11.7 Å². The highest BCUT2D eigenvalue weighted by Gasteiger charge is 2.69. The Morgan fingerprint density at radius 2 is 1.76 bits per heavy atom. The molecule has 2 aliphatic heterocycles. The number of ether oxygens (including phenoxy) is 3. The van der Waals surface area contributed by atoms with E-state index < -0.39 is 19.6 Å². The minimum absolute atomic E-state index is 0.0390. The minimum Gasteiger partial charge on any atom is -0.410 e. The van der Waals surface area contributed by atoms with E-state index in [2.05, 4.69) is 46.0 Å². The largest absolute Gasteiger partial charge is 0.410 e. The van der Waals surface area contributed by atoms with Crippen LogP contribution in [0.4, 0.5) is 5.69 Å². The Bertz CT molecular complexity index is 1050. The molecular weight excluding hydrogens is 446 g/mol. The molecule has 0 aromatic heterocycles. The van der Waals surface area contributed by atoms with Gasteiger partial charge in [0, 0.05) is 12.0 Å². The maximum Gasteiger partial charge on any atom is 0.192 e. The lowest BCUT2D eigenvalue weighted by Crippen LogP contribution is -2.43. The van der Waals surface area contributed by atoms with Gasteiger partial charge in [-0.2, -0.15) is 0 Å². The van der Waals surface area contributed by atoms with Crippen LogP contribution in [-0.4, -0.2) is 38.0 Å². The van der Waals surface area contributed by atoms with Gasteiger partial charge in [0.05, 0.1) is 23.9 Å². The number of benzene rings is 1. The predicted octanol–water partition coefficient (Wildman–Crippen LogP) is 6.46. The molecule has 187 valence electrons. The van der Waals surface area contributed by atoms with Gasteiger partial charge >= 0.3 is 0 Å². The van der Waals surface area contributed by atoms with Crippen LogP contribution in [0.15, 0.2) is 18.2 Å². The Balaban J connectivity index is 1.57. The van der Waals surface area contributed by atoms with Crippen LogP contribution in [-0.2, 0) is 23.8 Å². The lowest BCUT2D eigenvalue weighted by atomic mass is 9.96.